The lowest BCUT2D eigenvalue weighted by Crippen LogP contribution is -2.47. The van der Waals surface area contributed by atoms with Gasteiger partial charge in [-0.15, -0.1) is 0 Å². The molecule has 1 aliphatic rings. The highest BCUT2D eigenvalue weighted by atomic mass is 32.1. The molecule has 0 radical (unpaired) electrons. The van der Waals surface area contributed by atoms with Gasteiger partial charge in [0.05, 0.1) is 18.3 Å². The largest absolute Gasteiger partial charge is 0.367 e. The van der Waals surface area contributed by atoms with Crippen molar-refractivity contribution in [3.8, 4) is 0 Å². The van der Waals surface area contributed by atoms with Crippen molar-refractivity contribution in [2.75, 3.05) is 18.4 Å². The number of hydrogen-bond acceptors (Lipinski definition) is 3. The number of urea groups is 1. The molecule has 2 atom stereocenters. The van der Waals surface area contributed by atoms with Gasteiger partial charge in [0.25, 0.3) is 0 Å². The number of carbonyl (C=O) groups excluding carboxylic acids is 1. The average molecular weight is 320 g/mol. The minimum absolute atomic E-state index is 0.0648. The normalized spacial score (nSPS) is 21.6. The average Bonchev–Trinajstić information content (AvgIpc) is 3.03. The molecule has 116 valence electrons. The van der Waals surface area contributed by atoms with E-state index in [-0.39, 0.29) is 23.9 Å². The third kappa shape index (κ3) is 3.28. The van der Waals surface area contributed by atoms with Crippen LogP contribution in [-0.2, 0) is 4.74 Å². The molecule has 4 nitrogen and oxygen atoms in total. The van der Waals surface area contributed by atoms with Gasteiger partial charge in [-0.2, -0.15) is 11.3 Å². The van der Waals surface area contributed by atoms with Crippen LogP contribution in [0.15, 0.2) is 41.1 Å². The zero-order valence-electron chi connectivity index (χ0n) is 12.2. The molecule has 0 aliphatic carbocycles. The molecule has 2 amide bonds. The van der Waals surface area contributed by atoms with Gasteiger partial charge >= 0.3 is 6.03 Å². The second kappa shape index (κ2) is 6.46. The summed E-state index contributed by atoms with van der Waals surface area (Å²) < 4.78 is 19.5. The molecule has 1 saturated heterocycles. The van der Waals surface area contributed by atoms with Crippen molar-refractivity contribution in [1.29, 1.82) is 0 Å². The molecule has 3 rings (SSSR count). The molecule has 22 heavy (non-hydrogen) atoms. The Hall–Kier alpha value is -1.92. The van der Waals surface area contributed by atoms with E-state index in [2.05, 4.69) is 5.32 Å². The van der Waals surface area contributed by atoms with Crippen molar-refractivity contribution in [2.45, 2.75) is 19.1 Å². The molecule has 6 heteroatoms. The van der Waals surface area contributed by atoms with Crippen LogP contribution in [0.2, 0.25) is 0 Å². The number of thiophene rings is 1. The lowest BCUT2D eigenvalue weighted by Gasteiger charge is -2.36. The Morgan fingerprint density at radius 3 is 2.91 bits per heavy atom. The molecular weight excluding hydrogens is 303 g/mol. The zero-order chi connectivity index (χ0) is 15.5. The van der Waals surface area contributed by atoms with Crippen LogP contribution in [0.1, 0.15) is 18.6 Å². The molecule has 0 unspecified atom stereocenters. The fourth-order valence-corrected chi connectivity index (χ4v) is 3.22. The van der Waals surface area contributed by atoms with Gasteiger partial charge in [-0.05, 0) is 41.4 Å². The van der Waals surface area contributed by atoms with Crippen LogP contribution < -0.4 is 5.32 Å². The summed E-state index contributed by atoms with van der Waals surface area (Å²) >= 11 is 1.60. The summed E-state index contributed by atoms with van der Waals surface area (Å²) in [6.45, 7) is 2.88. The molecule has 1 aromatic heterocycles. The van der Waals surface area contributed by atoms with Gasteiger partial charge in [-0.1, -0.05) is 12.1 Å². The minimum atomic E-state index is -0.438. The lowest BCUT2D eigenvalue weighted by molar-refractivity contribution is -0.0640. The summed E-state index contributed by atoms with van der Waals surface area (Å²) in [5.41, 5.74) is 1.26. The third-order valence-corrected chi connectivity index (χ3v) is 4.28. The fourth-order valence-electron chi connectivity index (χ4n) is 2.52. The number of nitrogens with one attached hydrogen (secondary N) is 1. The maximum Gasteiger partial charge on any atom is 0.322 e. The van der Waals surface area contributed by atoms with Crippen molar-refractivity contribution in [2.24, 2.45) is 0 Å². The van der Waals surface area contributed by atoms with E-state index in [9.17, 15) is 9.18 Å². The Balaban J connectivity index is 1.70. The molecular formula is C16H17FN2O2S. The highest BCUT2D eigenvalue weighted by Gasteiger charge is 2.29. The fraction of sp³-hybridized carbons (Fsp3) is 0.312. The smallest absolute Gasteiger partial charge is 0.322 e. The maximum absolute atomic E-state index is 13.6. The number of morpholine rings is 1. The van der Waals surface area contributed by atoms with E-state index >= 15 is 0 Å². The second-order valence-electron chi connectivity index (χ2n) is 5.31. The summed E-state index contributed by atoms with van der Waals surface area (Å²) in [7, 11) is 0. The number of ether oxygens (including phenoxy) is 1. The van der Waals surface area contributed by atoms with Crippen molar-refractivity contribution in [1.82, 2.24) is 4.90 Å². The summed E-state index contributed by atoms with van der Waals surface area (Å²) in [6, 6.07) is 7.85. The van der Waals surface area contributed by atoms with Crippen LogP contribution in [-0.4, -0.2) is 30.1 Å². The van der Waals surface area contributed by atoms with Crippen molar-refractivity contribution >= 4 is 23.1 Å². The van der Waals surface area contributed by atoms with Gasteiger partial charge in [-0.25, -0.2) is 9.18 Å². The van der Waals surface area contributed by atoms with Gasteiger partial charge in [0.2, 0.25) is 0 Å². The van der Waals surface area contributed by atoms with Gasteiger partial charge in [0.1, 0.15) is 11.9 Å². The Morgan fingerprint density at radius 1 is 1.36 bits per heavy atom. The second-order valence-corrected chi connectivity index (χ2v) is 6.09. The summed E-state index contributed by atoms with van der Waals surface area (Å²) in [5.74, 6) is -0.438. The van der Waals surface area contributed by atoms with E-state index in [0.717, 1.165) is 5.56 Å². The maximum atomic E-state index is 13.6. The van der Waals surface area contributed by atoms with Gasteiger partial charge < -0.3 is 15.0 Å². The number of amides is 2. The van der Waals surface area contributed by atoms with Crippen LogP contribution in [0.5, 0.6) is 0 Å². The van der Waals surface area contributed by atoms with Crippen LogP contribution in [0.3, 0.4) is 0 Å². The molecule has 2 heterocycles. The number of halogens is 1. The highest BCUT2D eigenvalue weighted by Crippen LogP contribution is 2.27. The summed E-state index contributed by atoms with van der Waals surface area (Å²) in [6.07, 6.45) is -0.202. The number of rotatable bonds is 2. The molecule has 1 fully saturated rings. The molecule has 0 spiro atoms. The number of para-hydroxylation sites is 1. The molecule has 1 aromatic carbocycles. The number of anilines is 1. The highest BCUT2D eigenvalue weighted by molar-refractivity contribution is 7.07. The topological polar surface area (TPSA) is 41.6 Å². The van der Waals surface area contributed by atoms with E-state index in [1.54, 1.807) is 34.4 Å². The molecule has 2 aromatic rings. The SMILES string of the molecule is C[C@H]1CN(C(=O)Nc2ccccc2F)C[C@H](c2ccsc2)O1. The van der Waals surface area contributed by atoms with E-state index in [0.29, 0.717) is 13.1 Å². The lowest BCUT2D eigenvalue weighted by atomic mass is 10.1. The number of benzene rings is 1. The Labute approximate surface area is 132 Å². The Bertz CT molecular complexity index is 647. The van der Waals surface area contributed by atoms with Crippen molar-refractivity contribution in [3.05, 3.63) is 52.5 Å². The first-order chi connectivity index (χ1) is 10.6. The zero-order valence-corrected chi connectivity index (χ0v) is 13.0. The molecule has 1 aliphatic heterocycles. The molecule has 1 N–H and O–H groups in total. The Morgan fingerprint density at radius 2 is 2.18 bits per heavy atom. The van der Waals surface area contributed by atoms with E-state index in [4.69, 9.17) is 4.74 Å². The summed E-state index contributed by atoms with van der Waals surface area (Å²) in [5, 5.41) is 6.64. The third-order valence-electron chi connectivity index (χ3n) is 3.58. The predicted octanol–water partition coefficient (Wildman–Crippen LogP) is 3.88. The van der Waals surface area contributed by atoms with Gasteiger partial charge in [0.15, 0.2) is 0 Å². The van der Waals surface area contributed by atoms with Crippen LogP contribution in [0.4, 0.5) is 14.9 Å². The first-order valence-electron chi connectivity index (χ1n) is 7.11. The van der Waals surface area contributed by atoms with Crippen LogP contribution >= 0.6 is 11.3 Å². The van der Waals surface area contributed by atoms with Gasteiger partial charge in [-0.3, -0.25) is 0 Å². The first-order valence-corrected chi connectivity index (χ1v) is 8.06. The molecule has 0 bridgehead atoms. The first kappa shape index (κ1) is 15.0. The van der Waals surface area contributed by atoms with E-state index < -0.39 is 5.82 Å². The number of hydrogen-bond donors (Lipinski definition) is 1. The van der Waals surface area contributed by atoms with E-state index in [1.807, 2.05) is 23.8 Å². The Kier molecular flexibility index (Phi) is 4.40. The number of nitrogens with zero attached hydrogens (tertiary/aromatic N) is 1. The van der Waals surface area contributed by atoms with Crippen LogP contribution in [0.25, 0.3) is 0 Å². The van der Waals surface area contributed by atoms with Crippen molar-refractivity contribution in [3.63, 3.8) is 0 Å². The van der Waals surface area contributed by atoms with Gasteiger partial charge in [0, 0.05) is 6.54 Å². The van der Waals surface area contributed by atoms with Crippen LogP contribution in [0, 0.1) is 5.82 Å². The molecule has 0 saturated carbocycles. The van der Waals surface area contributed by atoms with Crippen molar-refractivity contribution < 1.29 is 13.9 Å². The predicted molar refractivity (Wildman–Crippen MR) is 84.6 cm³/mol. The minimum Gasteiger partial charge on any atom is -0.367 e. The number of carbonyl (C=O) groups is 1. The standard InChI is InChI=1S/C16H17FN2O2S/c1-11-8-19(9-15(21-11)12-6-7-22-10-12)16(20)18-14-5-3-2-4-13(14)17/h2-7,10-11,15H,8-9H2,1H3,(H,18,20)/t11-,15+/m0/s1. The quantitative estimate of drug-likeness (QED) is 0.912. The summed E-state index contributed by atoms with van der Waals surface area (Å²) in [4.78, 5) is 14.0. The van der Waals surface area contributed by atoms with E-state index in [1.165, 1.54) is 6.07 Å². The monoisotopic (exact) mass is 320 g/mol.